The number of aryl methyl sites for hydroxylation is 1. The quantitative estimate of drug-likeness (QED) is 0.458. The van der Waals surface area contributed by atoms with Crippen LogP contribution in [-0.4, -0.2) is 24.1 Å². The van der Waals surface area contributed by atoms with Crippen molar-refractivity contribution in [2.75, 3.05) is 7.11 Å². The van der Waals surface area contributed by atoms with E-state index >= 15 is 0 Å². The number of ether oxygens (including phenoxy) is 2. The lowest BCUT2D eigenvalue weighted by Gasteiger charge is -2.29. The van der Waals surface area contributed by atoms with Gasteiger partial charge in [-0.15, -0.1) is 0 Å². The third-order valence-electron chi connectivity index (χ3n) is 5.49. The Kier molecular flexibility index (Phi) is 7.44. The Morgan fingerprint density at radius 2 is 1.79 bits per heavy atom. The maximum atomic E-state index is 13.3. The summed E-state index contributed by atoms with van der Waals surface area (Å²) in [4.78, 5) is 29.8. The van der Waals surface area contributed by atoms with Crippen molar-refractivity contribution < 1.29 is 19.1 Å². The minimum Gasteiger partial charge on any atom is -0.497 e. The fourth-order valence-electron chi connectivity index (χ4n) is 3.78. The summed E-state index contributed by atoms with van der Waals surface area (Å²) >= 11 is 6.05. The van der Waals surface area contributed by atoms with Gasteiger partial charge in [0.25, 0.3) is 0 Å². The lowest BCUT2D eigenvalue weighted by atomic mass is 9.93. The number of hydrogen-bond donors (Lipinski definition) is 2. The number of carbonyl (C=O) groups is 2. The van der Waals surface area contributed by atoms with Crippen LogP contribution in [0.25, 0.3) is 0 Å². The monoisotopic (exact) mass is 477 g/mol. The molecule has 2 heterocycles. The van der Waals surface area contributed by atoms with Crippen LogP contribution in [0.15, 0.2) is 84.3 Å². The second-order valence-electron chi connectivity index (χ2n) is 7.76. The van der Waals surface area contributed by atoms with Gasteiger partial charge in [-0.1, -0.05) is 35.9 Å². The van der Waals surface area contributed by atoms with Gasteiger partial charge in [-0.05, 0) is 65.9 Å². The zero-order valence-electron chi connectivity index (χ0n) is 18.6. The Labute approximate surface area is 202 Å². The van der Waals surface area contributed by atoms with Crippen molar-refractivity contribution in [2.45, 2.75) is 25.5 Å². The zero-order chi connectivity index (χ0) is 23.9. The van der Waals surface area contributed by atoms with Crippen LogP contribution in [0.1, 0.15) is 29.2 Å². The number of methoxy groups -OCH3 is 1. The van der Waals surface area contributed by atoms with Gasteiger partial charge in [0, 0.05) is 23.1 Å². The molecule has 0 radical (unpaired) electrons. The maximum Gasteiger partial charge on any atom is 0.338 e. The van der Waals surface area contributed by atoms with Crippen molar-refractivity contribution in [3.8, 4) is 5.75 Å². The topological polar surface area (TPSA) is 89.6 Å². The Bertz CT molecular complexity index is 1200. The number of benzene rings is 2. The van der Waals surface area contributed by atoms with Gasteiger partial charge >= 0.3 is 12.0 Å². The van der Waals surface area contributed by atoms with Crippen LogP contribution >= 0.6 is 11.6 Å². The van der Waals surface area contributed by atoms with E-state index in [0.29, 0.717) is 29.1 Å². The number of allylic oxidation sites excluding steroid dienone is 1. The van der Waals surface area contributed by atoms with Crippen LogP contribution in [0.5, 0.6) is 5.75 Å². The molecule has 0 spiro atoms. The summed E-state index contributed by atoms with van der Waals surface area (Å²) in [6.45, 7) is 0.0612. The van der Waals surface area contributed by atoms with Gasteiger partial charge in [-0.2, -0.15) is 0 Å². The number of aromatic nitrogens is 1. The van der Waals surface area contributed by atoms with Gasteiger partial charge in [0.05, 0.1) is 18.7 Å². The van der Waals surface area contributed by atoms with Crippen molar-refractivity contribution >= 4 is 23.6 Å². The van der Waals surface area contributed by atoms with Crippen LogP contribution in [-0.2, 0) is 22.6 Å². The summed E-state index contributed by atoms with van der Waals surface area (Å²) < 4.78 is 10.9. The number of rotatable bonds is 8. The predicted octanol–water partition coefficient (Wildman–Crippen LogP) is 4.73. The number of nitrogens with zero attached hydrogens (tertiary/aromatic N) is 1. The molecule has 1 atom stereocenters. The summed E-state index contributed by atoms with van der Waals surface area (Å²) in [6, 6.07) is 17.3. The first kappa shape index (κ1) is 23.3. The largest absolute Gasteiger partial charge is 0.497 e. The second kappa shape index (κ2) is 10.9. The van der Waals surface area contributed by atoms with Gasteiger partial charge in [-0.3, -0.25) is 4.98 Å². The van der Waals surface area contributed by atoms with Gasteiger partial charge in [-0.25, -0.2) is 9.59 Å². The highest BCUT2D eigenvalue weighted by Crippen LogP contribution is 2.30. The molecule has 2 N–H and O–H groups in total. The predicted molar refractivity (Wildman–Crippen MR) is 128 cm³/mol. The molecule has 2 aromatic carbocycles. The summed E-state index contributed by atoms with van der Waals surface area (Å²) in [5.74, 6) is 0.250. The fourth-order valence-corrected chi connectivity index (χ4v) is 3.99. The number of hydrogen-bond acceptors (Lipinski definition) is 5. The SMILES string of the molecule is COc1ccc(CCC2=C(C(=O)OCc3cccc(Cl)c3)C(c3ccncc3)NC(=O)N2)cc1. The summed E-state index contributed by atoms with van der Waals surface area (Å²) in [6.07, 6.45) is 4.31. The molecule has 8 heteroatoms. The summed E-state index contributed by atoms with van der Waals surface area (Å²) in [5, 5.41) is 6.22. The van der Waals surface area contributed by atoms with Gasteiger partial charge in [0.2, 0.25) is 0 Å². The van der Waals surface area contributed by atoms with E-state index in [1.807, 2.05) is 30.3 Å². The van der Waals surface area contributed by atoms with E-state index in [2.05, 4.69) is 15.6 Å². The smallest absolute Gasteiger partial charge is 0.338 e. The minimum atomic E-state index is -0.658. The molecule has 1 unspecified atom stereocenters. The number of halogens is 1. The molecule has 34 heavy (non-hydrogen) atoms. The number of urea groups is 1. The standard InChI is InChI=1S/C26H24ClN3O4/c1-33-21-8-5-17(6-9-21)7-10-22-23(25(31)34-16-18-3-2-4-20(27)15-18)24(30-26(32)29-22)19-11-13-28-14-12-19/h2-6,8-9,11-15,24H,7,10,16H2,1H3,(H2,29,30,32). The summed E-state index contributed by atoms with van der Waals surface area (Å²) in [7, 11) is 1.62. The number of pyridine rings is 1. The molecule has 0 aliphatic carbocycles. The van der Waals surface area contributed by atoms with E-state index in [-0.39, 0.29) is 12.6 Å². The molecule has 7 nitrogen and oxygen atoms in total. The van der Waals surface area contributed by atoms with Crippen LogP contribution < -0.4 is 15.4 Å². The molecular weight excluding hydrogens is 454 g/mol. The lowest BCUT2D eigenvalue weighted by molar-refractivity contribution is -0.140. The third kappa shape index (κ3) is 5.74. The van der Waals surface area contributed by atoms with E-state index in [0.717, 1.165) is 22.4 Å². The first-order valence-electron chi connectivity index (χ1n) is 10.8. The number of amides is 2. The molecule has 0 saturated carbocycles. The van der Waals surface area contributed by atoms with E-state index < -0.39 is 12.0 Å². The van der Waals surface area contributed by atoms with Crippen LogP contribution in [0.3, 0.4) is 0 Å². The minimum absolute atomic E-state index is 0.0612. The average Bonchev–Trinajstić information content (AvgIpc) is 2.86. The second-order valence-corrected chi connectivity index (χ2v) is 8.19. The third-order valence-corrected chi connectivity index (χ3v) is 5.73. The normalized spacial score (nSPS) is 15.4. The summed E-state index contributed by atoms with van der Waals surface area (Å²) in [5.41, 5.74) is 3.45. The fraction of sp³-hybridized carbons (Fsp3) is 0.192. The van der Waals surface area contributed by atoms with Crippen molar-refractivity contribution in [3.63, 3.8) is 0 Å². The van der Waals surface area contributed by atoms with E-state index in [1.165, 1.54) is 0 Å². The highest BCUT2D eigenvalue weighted by Gasteiger charge is 2.33. The van der Waals surface area contributed by atoms with Crippen LogP contribution in [0, 0.1) is 0 Å². The molecule has 2 amide bonds. The molecule has 4 rings (SSSR count). The molecule has 1 aromatic heterocycles. The molecule has 3 aromatic rings. The first-order valence-corrected chi connectivity index (χ1v) is 11.2. The van der Waals surface area contributed by atoms with Gasteiger partial charge in [0.1, 0.15) is 12.4 Å². The Morgan fingerprint density at radius 3 is 2.50 bits per heavy atom. The molecule has 0 fully saturated rings. The van der Waals surface area contributed by atoms with Gasteiger partial charge < -0.3 is 20.1 Å². The van der Waals surface area contributed by atoms with Gasteiger partial charge in [0.15, 0.2) is 0 Å². The molecular formula is C26H24ClN3O4. The highest BCUT2D eigenvalue weighted by molar-refractivity contribution is 6.30. The van der Waals surface area contributed by atoms with E-state index in [9.17, 15) is 9.59 Å². The maximum absolute atomic E-state index is 13.3. The van der Waals surface area contributed by atoms with E-state index in [1.54, 1.807) is 49.8 Å². The van der Waals surface area contributed by atoms with Crippen LogP contribution in [0.2, 0.25) is 5.02 Å². The average molecular weight is 478 g/mol. The van der Waals surface area contributed by atoms with Crippen LogP contribution in [0.4, 0.5) is 4.79 Å². The Balaban J connectivity index is 1.61. The molecule has 1 aliphatic heterocycles. The van der Waals surface area contributed by atoms with Crippen molar-refractivity contribution in [1.29, 1.82) is 0 Å². The molecule has 0 bridgehead atoms. The Hall–Kier alpha value is -3.84. The first-order chi connectivity index (χ1) is 16.5. The van der Waals surface area contributed by atoms with Crippen molar-refractivity contribution in [2.24, 2.45) is 0 Å². The molecule has 174 valence electrons. The number of nitrogens with one attached hydrogen (secondary N) is 2. The molecule has 0 saturated heterocycles. The van der Waals surface area contributed by atoms with E-state index in [4.69, 9.17) is 21.1 Å². The Morgan fingerprint density at radius 1 is 1.03 bits per heavy atom. The van der Waals surface area contributed by atoms with Crippen molar-refractivity contribution in [1.82, 2.24) is 15.6 Å². The zero-order valence-corrected chi connectivity index (χ0v) is 19.3. The number of carbonyl (C=O) groups excluding carboxylic acids is 2. The van der Waals surface area contributed by atoms with Crippen molar-refractivity contribution in [3.05, 3.63) is 106 Å². The lowest BCUT2D eigenvalue weighted by Crippen LogP contribution is -2.46. The molecule has 1 aliphatic rings. The number of esters is 1. The highest BCUT2D eigenvalue weighted by atomic mass is 35.5.